The molecule has 1 aromatic rings. The molecule has 0 heterocycles. The Hall–Kier alpha value is -1.77. The lowest BCUT2D eigenvalue weighted by Gasteiger charge is -2.07. The summed E-state index contributed by atoms with van der Waals surface area (Å²) in [5.74, 6) is -0.153. The van der Waals surface area contributed by atoms with Crippen LogP contribution >= 0.6 is 0 Å². The molecule has 0 saturated carbocycles. The van der Waals surface area contributed by atoms with Gasteiger partial charge in [0.2, 0.25) is 0 Å². The van der Waals surface area contributed by atoms with Crippen molar-refractivity contribution in [2.45, 2.75) is 26.2 Å². The molecular weight excluding hydrogens is 216 g/mol. The molecule has 3 heteroatoms. The molecule has 0 aromatic heterocycles. The molecule has 1 rings (SSSR count). The van der Waals surface area contributed by atoms with E-state index in [1.54, 1.807) is 6.07 Å². The second kappa shape index (κ2) is 6.74. The topological polar surface area (TPSA) is 46.5 Å². The monoisotopic (exact) mass is 234 g/mol. The molecule has 0 atom stereocenters. The smallest absolute Gasteiger partial charge is 0.310 e. The summed E-state index contributed by atoms with van der Waals surface area (Å²) in [5.41, 5.74) is 1.44. The zero-order chi connectivity index (χ0) is 12.7. The zero-order valence-electron chi connectivity index (χ0n) is 10.3. The predicted molar refractivity (Wildman–Crippen MR) is 67.0 cm³/mol. The van der Waals surface area contributed by atoms with Gasteiger partial charge < -0.3 is 9.84 Å². The number of allylic oxidation sites excluding steroid dienone is 2. The molecule has 1 N–H and O–H groups in total. The van der Waals surface area contributed by atoms with Crippen molar-refractivity contribution in [1.29, 1.82) is 0 Å². The Morgan fingerprint density at radius 2 is 2.06 bits per heavy atom. The first kappa shape index (κ1) is 13.3. The lowest BCUT2D eigenvalue weighted by Crippen LogP contribution is -2.05. The van der Waals surface area contributed by atoms with Crippen molar-refractivity contribution >= 4 is 5.97 Å². The van der Waals surface area contributed by atoms with Crippen LogP contribution in [0.1, 0.15) is 24.5 Å². The van der Waals surface area contributed by atoms with Crippen LogP contribution < -0.4 is 0 Å². The highest BCUT2D eigenvalue weighted by molar-refractivity contribution is 5.73. The lowest BCUT2D eigenvalue weighted by atomic mass is 10.0. The van der Waals surface area contributed by atoms with Crippen molar-refractivity contribution in [3.8, 4) is 5.75 Å². The molecule has 0 fully saturated rings. The van der Waals surface area contributed by atoms with E-state index in [9.17, 15) is 9.90 Å². The summed E-state index contributed by atoms with van der Waals surface area (Å²) in [6.07, 6.45) is 5.81. The summed E-state index contributed by atoms with van der Waals surface area (Å²) in [6.45, 7) is 2.06. The molecule has 0 aliphatic carbocycles. The van der Waals surface area contributed by atoms with Gasteiger partial charge in [-0.3, -0.25) is 4.79 Å². The zero-order valence-corrected chi connectivity index (χ0v) is 10.3. The number of ether oxygens (including phenoxy) is 1. The number of para-hydroxylation sites is 1. The first-order valence-electron chi connectivity index (χ1n) is 5.70. The van der Waals surface area contributed by atoms with E-state index in [4.69, 9.17) is 0 Å². The Bertz CT molecular complexity index is 408. The Balaban J connectivity index is 2.83. The number of methoxy groups -OCH3 is 1. The van der Waals surface area contributed by atoms with Crippen LogP contribution in [0.4, 0.5) is 0 Å². The minimum atomic E-state index is -0.346. The predicted octanol–water partition coefficient (Wildman–Crippen LogP) is 2.62. The van der Waals surface area contributed by atoms with Gasteiger partial charge in [0.25, 0.3) is 0 Å². The van der Waals surface area contributed by atoms with E-state index < -0.39 is 0 Å². The van der Waals surface area contributed by atoms with Crippen LogP contribution in [-0.2, 0) is 22.4 Å². The van der Waals surface area contributed by atoms with E-state index in [0.29, 0.717) is 12.0 Å². The lowest BCUT2D eigenvalue weighted by molar-refractivity contribution is -0.139. The third kappa shape index (κ3) is 3.94. The van der Waals surface area contributed by atoms with Crippen LogP contribution in [0.15, 0.2) is 30.4 Å². The summed E-state index contributed by atoms with van der Waals surface area (Å²) < 4.78 is 4.58. The maximum Gasteiger partial charge on any atom is 0.310 e. The highest BCUT2D eigenvalue weighted by atomic mass is 16.5. The van der Waals surface area contributed by atoms with Crippen LogP contribution in [0.3, 0.4) is 0 Å². The molecule has 0 spiro atoms. The third-order valence-electron chi connectivity index (χ3n) is 2.51. The Kier molecular flexibility index (Phi) is 5.27. The second-order valence-electron chi connectivity index (χ2n) is 3.76. The van der Waals surface area contributed by atoms with Crippen molar-refractivity contribution < 1.29 is 14.6 Å². The summed E-state index contributed by atoms with van der Waals surface area (Å²) in [5, 5.41) is 9.99. The standard InChI is InChI=1S/C14H18O3/c1-3-4-5-7-11-8-6-9-12(14(11)16)10-13(15)17-2/h4-6,8-9,16H,3,7,10H2,1-2H3. The van der Waals surface area contributed by atoms with E-state index in [0.717, 1.165) is 12.0 Å². The summed E-state index contributed by atoms with van der Waals surface area (Å²) in [7, 11) is 1.34. The minimum absolute atomic E-state index is 0.105. The number of phenols is 1. The molecule has 17 heavy (non-hydrogen) atoms. The fourth-order valence-electron chi connectivity index (χ4n) is 1.56. The van der Waals surface area contributed by atoms with Gasteiger partial charge in [-0.15, -0.1) is 0 Å². The van der Waals surface area contributed by atoms with Gasteiger partial charge in [0.1, 0.15) is 5.75 Å². The fraction of sp³-hybridized carbons (Fsp3) is 0.357. The van der Waals surface area contributed by atoms with Gasteiger partial charge in [-0.1, -0.05) is 37.3 Å². The number of aromatic hydroxyl groups is 1. The quantitative estimate of drug-likeness (QED) is 0.629. The van der Waals surface area contributed by atoms with Crippen LogP contribution in [-0.4, -0.2) is 18.2 Å². The summed E-state index contributed by atoms with van der Waals surface area (Å²) in [4.78, 5) is 11.2. The molecule has 0 saturated heterocycles. The normalized spacial score (nSPS) is 10.7. The SMILES string of the molecule is CCC=CCc1cccc(CC(=O)OC)c1O. The highest BCUT2D eigenvalue weighted by Crippen LogP contribution is 2.23. The number of esters is 1. The van der Waals surface area contributed by atoms with E-state index >= 15 is 0 Å². The molecule has 0 amide bonds. The maximum atomic E-state index is 11.2. The number of carbonyl (C=O) groups is 1. The Morgan fingerprint density at radius 3 is 2.71 bits per heavy atom. The van der Waals surface area contributed by atoms with Crippen molar-refractivity contribution in [3.05, 3.63) is 41.5 Å². The summed E-state index contributed by atoms with van der Waals surface area (Å²) in [6, 6.07) is 5.43. The number of phenolic OH excluding ortho intramolecular Hbond substituents is 1. The van der Waals surface area contributed by atoms with Crippen LogP contribution in [0.2, 0.25) is 0 Å². The number of carbonyl (C=O) groups excluding carboxylic acids is 1. The average Bonchev–Trinajstić information content (AvgIpc) is 2.34. The van der Waals surface area contributed by atoms with Crippen LogP contribution in [0, 0.1) is 0 Å². The first-order valence-corrected chi connectivity index (χ1v) is 5.70. The van der Waals surface area contributed by atoms with Gasteiger partial charge >= 0.3 is 5.97 Å². The molecule has 92 valence electrons. The first-order chi connectivity index (χ1) is 8.19. The Morgan fingerprint density at radius 1 is 1.35 bits per heavy atom. The Labute approximate surface area is 102 Å². The van der Waals surface area contributed by atoms with Gasteiger partial charge in [0.15, 0.2) is 0 Å². The van der Waals surface area contributed by atoms with Crippen LogP contribution in [0.5, 0.6) is 5.75 Å². The average molecular weight is 234 g/mol. The molecule has 0 radical (unpaired) electrons. The highest BCUT2D eigenvalue weighted by Gasteiger charge is 2.10. The summed E-state index contributed by atoms with van der Waals surface area (Å²) >= 11 is 0. The van der Waals surface area contributed by atoms with Crippen molar-refractivity contribution in [2.24, 2.45) is 0 Å². The van der Waals surface area contributed by atoms with E-state index in [-0.39, 0.29) is 18.1 Å². The third-order valence-corrected chi connectivity index (χ3v) is 2.51. The van der Waals surface area contributed by atoms with Crippen molar-refractivity contribution in [2.75, 3.05) is 7.11 Å². The molecule has 0 aliphatic heterocycles. The molecule has 3 nitrogen and oxygen atoms in total. The minimum Gasteiger partial charge on any atom is -0.507 e. The van der Waals surface area contributed by atoms with Gasteiger partial charge in [0.05, 0.1) is 13.5 Å². The molecule has 1 aromatic carbocycles. The van der Waals surface area contributed by atoms with Gasteiger partial charge in [-0.25, -0.2) is 0 Å². The van der Waals surface area contributed by atoms with Gasteiger partial charge in [-0.05, 0) is 18.4 Å². The van der Waals surface area contributed by atoms with Gasteiger partial charge in [-0.2, -0.15) is 0 Å². The number of hydrogen-bond donors (Lipinski definition) is 1. The van der Waals surface area contributed by atoms with Crippen molar-refractivity contribution in [3.63, 3.8) is 0 Å². The molecule has 0 bridgehead atoms. The van der Waals surface area contributed by atoms with E-state index in [2.05, 4.69) is 11.7 Å². The molecule has 0 aliphatic rings. The van der Waals surface area contributed by atoms with Gasteiger partial charge in [0, 0.05) is 5.56 Å². The fourth-order valence-corrected chi connectivity index (χ4v) is 1.56. The molecular formula is C14H18O3. The van der Waals surface area contributed by atoms with Crippen LogP contribution in [0.25, 0.3) is 0 Å². The number of rotatable bonds is 5. The number of hydrogen-bond acceptors (Lipinski definition) is 3. The van der Waals surface area contributed by atoms with Crippen molar-refractivity contribution in [1.82, 2.24) is 0 Å². The van der Waals surface area contributed by atoms with E-state index in [1.165, 1.54) is 7.11 Å². The number of benzene rings is 1. The van der Waals surface area contributed by atoms with E-state index in [1.807, 2.05) is 24.3 Å². The maximum absolute atomic E-state index is 11.2. The second-order valence-corrected chi connectivity index (χ2v) is 3.76. The largest absolute Gasteiger partial charge is 0.507 e. The molecule has 0 unspecified atom stereocenters.